The zero-order chi connectivity index (χ0) is 11.5. The van der Waals surface area contributed by atoms with E-state index >= 15 is 0 Å². The number of benzene rings is 1. The summed E-state index contributed by atoms with van der Waals surface area (Å²) in [6.07, 6.45) is 1.24. The molecule has 1 aliphatic rings. The van der Waals surface area contributed by atoms with Crippen molar-refractivity contribution in [3.63, 3.8) is 0 Å². The van der Waals surface area contributed by atoms with Gasteiger partial charge in [0.15, 0.2) is 0 Å². The van der Waals surface area contributed by atoms with Crippen molar-refractivity contribution < 1.29 is 5.11 Å². The predicted molar refractivity (Wildman–Crippen MR) is 69.7 cm³/mol. The molecule has 2 rings (SSSR count). The van der Waals surface area contributed by atoms with Crippen LogP contribution in [0.3, 0.4) is 0 Å². The molecule has 0 bridgehead atoms. The summed E-state index contributed by atoms with van der Waals surface area (Å²) in [6, 6.07) is 5.88. The normalized spacial score (nSPS) is 20.5. The Kier molecular flexibility index (Phi) is 3.61. The SMILES string of the molecule is CN(Cc1cc(N)ccc1O)C1CCSC1. The summed E-state index contributed by atoms with van der Waals surface area (Å²) >= 11 is 2.00. The highest BCUT2D eigenvalue weighted by Crippen LogP contribution is 2.26. The molecular formula is C12H18N2OS. The zero-order valence-corrected chi connectivity index (χ0v) is 10.3. The van der Waals surface area contributed by atoms with E-state index in [1.54, 1.807) is 12.1 Å². The molecule has 1 aromatic carbocycles. The van der Waals surface area contributed by atoms with Gasteiger partial charge in [-0.1, -0.05) is 0 Å². The number of phenolic OH excluding ortho intramolecular Hbond substituents is 1. The van der Waals surface area contributed by atoms with E-state index in [-0.39, 0.29) is 0 Å². The zero-order valence-electron chi connectivity index (χ0n) is 9.52. The molecule has 1 heterocycles. The average Bonchev–Trinajstić information content (AvgIpc) is 2.76. The molecule has 0 saturated carbocycles. The second kappa shape index (κ2) is 4.97. The fourth-order valence-electron chi connectivity index (χ4n) is 2.00. The van der Waals surface area contributed by atoms with Crippen molar-refractivity contribution in [2.45, 2.75) is 19.0 Å². The molecule has 1 unspecified atom stereocenters. The Hall–Kier alpha value is -0.870. The van der Waals surface area contributed by atoms with E-state index in [2.05, 4.69) is 11.9 Å². The summed E-state index contributed by atoms with van der Waals surface area (Å²) in [5.74, 6) is 2.78. The predicted octanol–water partition coefficient (Wildman–Crippen LogP) is 1.91. The first-order valence-electron chi connectivity index (χ1n) is 5.52. The van der Waals surface area contributed by atoms with Crippen LogP contribution in [0.1, 0.15) is 12.0 Å². The van der Waals surface area contributed by atoms with Gasteiger partial charge in [-0.05, 0) is 37.4 Å². The highest BCUT2D eigenvalue weighted by atomic mass is 32.2. The monoisotopic (exact) mass is 238 g/mol. The highest BCUT2D eigenvalue weighted by Gasteiger charge is 2.20. The van der Waals surface area contributed by atoms with Gasteiger partial charge in [0.25, 0.3) is 0 Å². The Morgan fingerprint density at radius 3 is 3.06 bits per heavy atom. The number of hydrogen-bond acceptors (Lipinski definition) is 4. The maximum Gasteiger partial charge on any atom is 0.120 e. The molecule has 1 atom stereocenters. The molecule has 0 spiro atoms. The van der Waals surface area contributed by atoms with Crippen LogP contribution < -0.4 is 5.73 Å². The fraction of sp³-hybridized carbons (Fsp3) is 0.500. The van der Waals surface area contributed by atoms with E-state index in [9.17, 15) is 5.11 Å². The van der Waals surface area contributed by atoms with Crippen molar-refractivity contribution in [2.24, 2.45) is 0 Å². The van der Waals surface area contributed by atoms with E-state index in [1.165, 1.54) is 17.9 Å². The number of hydrogen-bond donors (Lipinski definition) is 2. The van der Waals surface area contributed by atoms with Crippen molar-refractivity contribution in [1.82, 2.24) is 4.90 Å². The number of anilines is 1. The minimum atomic E-state index is 0.340. The van der Waals surface area contributed by atoms with Crippen molar-refractivity contribution in [3.8, 4) is 5.75 Å². The van der Waals surface area contributed by atoms with Crippen LogP contribution in [-0.4, -0.2) is 34.6 Å². The van der Waals surface area contributed by atoms with Gasteiger partial charge in [-0.25, -0.2) is 0 Å². The Morgan fingerprint density at radius 1 is 1.56 bits per heavy atom. The van der Waals surface area contributed by atoms with Gasteiger partial charge in [0.05, 0.1) is 0 Å². The van der Waals surface area contributed by atoms with E-state index < -0.39 is 0 Å². The molecule has 1 saturated heterocycles. The Bertz CT molecular complexity index is 364. The second-order valence-corrected chi connectivity index (χ2v) is 5.47. The van der Waals surface area contributed by atoms with Crippen LogP contribution in [0.4, 0.5) is 5.69 Å². The van der Waals surface area contributed by atoms with Crippen LogP contribution in [0.5, 0.6) is 5.75 Å². The molecule has 1 fully saturated rings. The third kappa shape index (κ3) is 2.62. The largest absolute Gasteiger partial charge is 0.508 e. The molecule has 3 N–H and O–H groups in total. The summed E-state index contributed by atoms with van der Waals surface area (Å²) < 4.78 is 0. The van der Waals surface area contributed by atoms with E-state index in [0.717, 1.165) is 12.1 Å². The number of phenols is 1. The Morgan fingerprint density at radius 2 is 2.38 bits per heavy atom. The summed E-state index contributed by atoms with van der Waals surface area (Å²) in [7, 11) is 2.11. The number of nitrogens with two attached hydrogens (primary N) is 1. The first kappa shape index (κ1) is 11.6. The first-order chi connectivity index (χ1) is 7.66. The van der Waals surface area contributed by atoms with Crippen LogP contribution in [0.15, 0.2) is 18.2 Å². The minimum absolute atomic E-state index is 0.340. The molecule has 0 amide bonds. The quantitative estimate of drug-likeness (QED) is 0.624. The third-order valence-electron chi connectivity index (χ3n) is 3.05. The number of thioether (sulfide) groups is 1. The minimum Gasteiger partial charge on any atom is -0.508 e. The fourth-order valence-corrected chi connectivity index (χ4v) is 3.30. The maximum absolute atomic E-state index is 9.74. The van der Waals surface area contributed by atoms with Gasteiger partial charge in [-0.3, -0.25) is 4.90 Å². The van der Waals surface area contributed by atoms with Crippen molar-refractivity contribution in [2.75, 3.05) is 24.3 Å². The third-order valence-corrected chi connectivity index (χ3v) is 4.20. The molecule has 4 heteroatoms. The lowest BCUT2D eigenvalue weighted by Gasteiger charge is -2.23. The van der Waals surface area contributed by atoms with E-state index in [4.69, 9.17) is 5.73 Å². The van der Waals surface area contributed by atoms with Gasteiger partial charge in [-0.15, -0.1) is 0 Å². The standard InChI is InChI=1S/C12H18N2OS/c1-14(11-4-5-16-8-11)7-9-6-10(13)2-3-12(9)15/h2-3,6,11,15H,4-5,7-8,13H2,1H3. The maximum atomic E-state index is 9.74. The summed E-state index contributed by atoms with van der Waals surface area (Å²) in [5, 5.41) is 9.74. The van der Waals surface area contributed by atoms with Crippen LogP contribution in [0.2, 0.25) is 0 Å². The number of nitrogen functional groups attached to an aromatic ring is 1. The van der Waals surface area contributed by atoms with E-state index in [0.29, 0.717) is 17.5 Å². The molecule has 0 aliphatic carbocycles. The lowest BCUT2D eigenvalue weighted by Crippen LogP contribution is -2.30. The molecule has 3 nitrogen and oxygen atoms in total. The Labute approximate surface area is 101 Å². The van der Waals surface area contributed by atoms with Crippen LogP contribution in [0, 0.1) is 0 Å². The number of aromatic hydroxyl groups is 1. The molecule has 16 heavy (non-hydrogen) atoms. The second-order valence-electron chi connectivity index (χ2n) is 4.32. The molecule has 0 radical (unpaired) electrons. The van der Waals surface area contributed by atoms with Crippen LogP contribution >= 0.6 is 11.8 Å². The smallest absolute Gasteiger partial charge is 0.120 e. The molecular weight excluding hydrogens is 220 g/mol. The summed E-state index contributed by atoms with van der Waals surface area (Å²) in [4.78, 5) is 2.30. The topological polar surface area (TPSA) is 49.5 Å². The van der Waals surface area contributed by atoms with Crippen molar-refractivity contribution >= 4 is 17.4 Å². The molecule has 1 aliphatic heterocycles. The van der Waals surface area contributed by atoms with Gasteiger partial charge in [-0.2, -0.15) is 11.8 Å². The molecule has 0 aromatic heterocycles. The number of rotatable bonds is 3. The van der Waals surface area contributed by atoms with Gasteiger partial charge < -0.3 is 10.8 Å². The van der Waals surface area contributed by atoms with Crippen LogP contribution in [0.25, 0.3) is 0 Å². The Balaban J connectivity index is 2.04. The van der Waals surface area contributed by atoms with Gasteiger partial charge in [0.2, 0.25) is 0 Å². The van der Waals surface area contributed by atoms with Crippen LogP contribution in [-0.2, 0) is 6.54 Å². The molecule has 1 aromatic rings. The van der Waals surface area contributed by atoms with Gasteiger partial charge >= 0.3 is 0 Å². The summed E-state index contributed by atoms with van der Waals surface area (Å²) in [5.41, 5.74) is 7.35. The molecule has 88 valence electrons. The van der Waals surface area contributed by atoms with E-state index in [1.807, 2.05) is 17.8 Å². The average molecular weight is 238 g/mol. The van der Waals surface area contributed by atoms with Crippen molar-refractivity contribution in [1.29, 1.82) is 0 Å². The first-order valence-corrected chi connectivity index (χ1v) is 6.67. The van der Waals surface area contributed by atoms with Gasteiger partial charge in [0.1, 0.15) is 5.75 Å². The van der Waals surface area contributed by atoms with Gasteiger partial charge in [0, 0.05) is 29.6 Å². The lowest BCUT2D eigenvalue weighted by atomic mass is 10.1. The number of nitrogens with zero attached hydrogens (tertiary/aromatic N) is 1. The lowest BCUT2D eigenvalue weighted by molar-refractivity contribution is 0.251. The summed E-state index contributed by atoms with van der Waals surface area (Å²) in [6.45, 7) is 0.766. The van der Waals surface area contributed by atoms with Crippen molar-refractivity contribution in [3.05, 3.63) is 23.8 Å². The highest BCUT2D eigenvalue weighted by molar-refractivity contribution is 7.99.